The molecule has 0 aromatic rings. The predicted molar refractivity (Wildman–Crippen MR) is 62.3 cm³/mol. The molecule has 2 nitrogen and oxygen atoms in total. The van der Waals surface area contributed by atoms with Crippen LogP contribution in [0.1, 0.15) is 39.5 Å². The van der Waals surface area contributed by atoms with E-state index < -0.39 is 0 Å². The van der Waals surface area contributed by atoms with E-state index in [4.69, 9.17) is 5.73 Å². The summed E-state index contributed by atoms with van der Waals surface area (Å²) < 4.78 is 0. The van der Waals surface area contributed by atoms with Crippen LogP contribution in [0.4, 0.5) is 0 Å². The zero-order valence-corrected chi connectivity index (χ0v) is 10.00. The molecule has 1 fully saturated rings. The molecule has 14 heavy (non-hydrogen) atoms. The van der Waals surface area contributed by atoms with Gasteiger partial charge in [-0.1, -0.05) is 13.8 Å². The van der Waals surface area contributed by atoms with Gasteiger partial charge in [0, 0.05) is 19.1 Å². The molecule has 0 unspecified atom stereocenters. The summed E-state index contributed by atoms with van der Waals surface area (Å²) in [7, 11) is 2.22. The Morgan fingerprint density at radius 2 is 1.79 bits per heavy atom. The Hall–Kier alpha value is -0.0800. The highest BCUT2D eigenvalue weighted by molar-refractivity contribution is 4.79. The van der Waals surface area contributed by atoms with Gasteiger partial charge in [-0.15, -0.1) is 0 Å². The van der Waals surface area contributed by atoms with Crippen LogP contribution in [-0.4, -0.2) is 31.1 Å². The number of nitrogens with zero attached hydrogens (tertiary/aromatic N) is 1. The van der Waals surface area contributed by atoms with Gasteiger partial charge in [0.2, 0.25) is 0 Å². The fraction of sp³-hybridized carbons (Fsp3) is 1.00. The molecular weight excluding hydrogens is 172 g/mol. The van der Waals surface area contributed by atoms with Crippen molar-refractivity contribution >= 4 is 0 Å². The summed E-state index contributed by atoms with van der Waals surface area (Å²) in [6.07, 6.45) is 5.58. The lowest BCUT2D eigenvalue weighted by Gasteiger charge is -2.35. The Morgan fingerprint density at radius 1 is 1.21 bits per heavy atom. The van der Waals surface area contributed by atoms with Gasteiger partial charge in [-0.05, 0) is 44.6 Å². The summed E-state index contributed by atoms with van der Waals surface area (Å²) in [6, 6.07) is 0.800. The topological polar surface area (TPSA) is 29.3 Å². The minimum atomic E-state index is 0.792. The molecule has 0 saturated heterocycles. The molecule has 1 aliphatic rings. The molecule has 0 aliphatic heterocycles. The lowest BCUT2D eigenvalue weighted by atomic mass is 9.79. The molecule has 1 saturated carbocycles. The third-order valence-corrected chi connectivity index (χ3v) is 3.79. The average Bonchev–Trinajstić information content (AvgIpc) is 2.18. The summed E-state index contributed by atoms with van der Waals surface area (Å²) in [5.41, 5.74) is 5.57. The van der Waals surface area contributed by atoms with Crippen LogP contribution in [0.25, 0.3) is 0 Å². The second kappa shape index (κ2) is 5.72. The summed E-state index contributed by atoms with van der Waals surface area (Å²) in [5.74, 6) is 1.84. The zero-order valence-electron chi connectivity index (χ0n) is 10.00. The maximum atomic E-state index is 5.57. The van der Waals surface area contributed by atoms with Crippen LogP contribution in [0.15, 0.2) is 0 Å². The predicted octanol–water partition coefficient (Wildman–Crippen LogP) is 2.09. The minimum Gasteiger partial charge on any atom is -0.329 e. The van der Waals surface area contributed by atoms with E-state index in [-0.39, 0.29) is 0 Å². The number of likely N-dealkylation sites (N-methyl/N-ethyl adjacent to an activating group) is 1. The summed E-state index contributed by atoms with van der Waals surface area (Å²) in [5, 5.41) is 0. The Kier molecular flexibility index (Phi) is 4.90. The number of rotatable bonds is 4. The van der Waals surface area contributed by atoms with Crippen molar-refractivity contribution in [3.63, 3.8) is 0 Å². The van der Waals surface area contributed by atoms with Crippen LogP contribution in [0, 0.1) is 11.8 Å². The third-order valence-electron chi connectivity index (χ3n) is 3.79. The minimum absolute atomic E-state index is 0.792. The van der Waals surface area contributed by atoms with Gasteiger partial charge in [-0.2, -0.15) is 0 Å². The fourth-order valence-corrected chi connectivity index (χ4v) is 2.60. The first-order valence-electron chi connectivity index (χ1n) is 6.05. The number of hydrogen-bond acceptors (Lipinski definition) is 2. The molecule has 2 N–H and O–H groups in total. The van der Waals surface area contributed by atoms with Crippen molar-refractivity contribution < 1.29 is 0 Å². The van der Waals surface area contributed by atoms with Gasteiger partial charge in [0.1, 0.15) is 0 Å². The van der Waals surface area contributed by atoms with Gasteiger partial charge in [-0.3, -0.25) is 0 Å². The van der Waals surface area contributed by atoms with Crippen LogP contribution in [0.2, 0.25) is 0 Å². The molecule has 0 heterocycles. The van der Waals surface area contributed by atoms with E-state index in [2.05, 4.69) is 25.8 Å². The normalized spacial score (nSPS) is 28.7. The Balaban J connectivity index is 2.28. The molecule has 1 rings (SSSR count). The van der Waals surface area contributed by atoms with Crippen molar-refractivity contribution in [3.8, 4) is 0 Å². The monoisotopic (exact) mass is 198 g/mol. The van der Waals surface area contributed by atoms with Crippen LogP contribution < -0.4 is 5.73 Å². The molecule has 0 aromatic carbocycles. The Bertz CT molecular complexity index is 148. The van der Waals surface area contributed by atoms with Crippen LogP contribution in [-0.2, 0) is 0 Å². The largest absolute Gasteiger partial charge is 0.329 e. The quantitative estimate of drug-likeness (QED) is 0.749. The summed E-state index contributed by atoms with van der Waals surface area (Å²) >= 11 is 0. The molecule has 2 heteroatoms. The van der Waals surface area contributed by atoms with Gasteiger partial charge < -0.3 is 10.6 Å². The smallest absolute Gasteiger partial charge is 0.0104 e. The standard InChI is InChI=1S/C12H26N2/c1-10(2)11-4-6-12(7-5-11)14(3)9-8-13/h10-12H,4-9,13H2,1-3H3. The second-order valence-corrected chi connectivity index (χ2v) is 5.08. The van der Waals surface area contributed by atoms with Gasteiger partial charge in [0.05, 0.1) is 0 Å². The van der Waals surface area contributed by atoms with E-state index in [1.165, 1.54) is 25.7 Å². The maximum absolute atomic E-state index is 5.57. The zero-order chi connectivity index (χ0) is 10.6. The van der Waals surface area contributed by atoms with Crippen LogP contribution in [0.3, 0.4) is 0 Å². The number of hydrogen-bond donors (Lipinski definition) is 1. The van der Waals surface area contributed by atoms with Crippen LogP contribution >= 0.6 is 0 Å². The van der Waals surface area contributed by atoms with Crippen molar-refractivity contribution in [1.29, 1.82) is 0 Å². The number of nitrogens with two attached hydrogens (primary N) is 1. The Morgan fingerprint density at radius 3 is 2.21 bits per heavy atom. The highest BCUT2D eigenvalue weighted by Gasteiger charge is 2.24. The van der Waals surface area contributed by atoms with Gasteiger partial charge in [0.15, 0.2) is 0 Å². The van der Waals surface area contributed by atoms with E-state index in [9.17, 15) is 0 Å². The molecule has 0 amide bonds. The first kappa shape index (κ1) is 12.0. The van der Waals surface area contributed by atoms with E-state index >= 15 is 0 Å². The molecule has 0 spiro atoms. The lowest BCUT2D eigenvalue weighted by Crippen LogP contribution is -2.38. The van der Waals surface area contributed by atoms with Crippen molar-refractivity contribution in [2.45, 2.75) is 45.6 Å². The SMILES string of the molecule is CC(C)C1CCC(N(C)CCN)CC1. The fourth-order valence-electron chi connectivity index (χ4n) is 2.60. The molecular formula is C12H26N2. The molecule has 0 bridgehead atoms. The first-order valence-corrected chi connectivity index (χ1v) is 6.05. The Labute approximate surface area is 88.8 Å². The van der Waals surface area contributed by atoms with E-state index in [0.29, 0.717) is 0 Å². The van der Waals surface area contributed by atoms with Crippen molar-refractivity contribution in [2.75, 3.05) is 20.1 Å². The van der Waals surface area contributed by atoms with Crippen molar-refractivity contribution in [3.05, 3.63) is 0 Å². The van der Waals surface area contributed by atoms with Crippen LogP contribution in [0.5, 0.6) is 0 Å². The molecule has 0 radical (unpaired) electrons. The van der Waals surface area contributed by atoms with Crippen molar-refractivity contribution in [1.82, 2.24) is 4.90 Å². The highest BCUT2D eigenvalue weighted by atomic mass is 15.1. The third kappa shape index (κ3) is 3.25. The summed E-state index contributed by atoms with van der Waals surface area (Å²) in [4.78, 5) is 2.44. The molecule has 84 valence electrons. The lowest BCUT2D eigenvalue weighted by molar-refractivity contribution is 0.150. The average molecular weight is 198 g/mol. The van der Waals surface area contributed by atoms with Gasteiger partial charge >= 0.3 is 0 Å². The molecule has 0 aromatic heterocycles. The van der Waals surface area contributed by atoms with E-state index in [0.717, 1.165) is 31.0 Å². The molecule has 1 aliphatic carbocycles. The highest BCUT2D eigenvalue weighted by Crippen LogP contribution is 2.31. The van der Waals surface area contributed by atoms with Crippen molar-refractivity contribution in [2.24, 2.45) is 17.6 Å². The van der Waals surface area contributed by atoms with Gasteiger partial charge in [0.25, 0.3) is 0 Å². The van der Waals surface area contributed by atoms with Gasteiger partial charge in [-0.25, -0.2) is 0 Å². The summed E-state index contributed by atoms with van der Waals surface area (Å²) in [6.45, 7) is 6.56. The van der Waals surface area contributed by atoms with E-state index in [1.807, 2.05) is 0 Å². The molecule has 0 atom stereocenters. The van der Waals surface area contributed by atoms with E-state index in [1.54, 1.807) is 0 Å². The maximum Gasteiger partial charge on any atom is 0.0104 e. The first-order chi connectivity index (χ1) is 6.65. The second-order valence-electron chi connectivity index (χ2n) is 5.08.